The van der Waals surface area contributed by atoms with Crippen molar-refractivity contribution < 1.29 is 0 Å². The molecule has 0 radical (unpaired) electrons. The molecule has 738 valence electrons. The zero-order valence-corrected chi connectivity index (χ0v) is 92.4. The van der Waals surface area contributed by atoms with E-state index in [0.29, 0.717) is 0 Å². The molecule has 138 heavy (non-hydrogen) atoms. The van der Waals surface area contributed by atoms with Crippen molar-refractivity contribution in [2.24, 2.45) is 0 Å². The van der Waals surface area contributed by atoms with E-state index in [4.69, 9.17) is 0 Å². The summed E-state index contributed by atoms with van der Waals surface area (Å²) in [6.45, 7) is 59.8. The third-order valence-electron chi connectivity index (χ3n) is 33.7. The van der Waals surface area contributed by atoms with Gasteiger partial charge < -0.3 is 0 Å². The van der Waals surface area contributed by atoms with Crippen LogP contribution in [0.5, 0.6) is 0 Å². The van der Waals surface area contributed by atoms with Gasteiger partial charge in [-0.05, 0) is 497 Å². The van der Waals surface area contributed by atoms with Gasteiger partial charge in [-0.1, -0.05) is 332 Å². The van der Waals surface area contributed by atoms with Crippen molar-refractivity contribution in [3.63, 3.8) is 0 Å². The number of aryl methyl sites for hydroxylation is 12. The molecule has 0 amide bonds. The molecular weight excluding hydrogens is 1660 g/mol. The summed E-state index contributed by atoms with van der Waals surface area (Å²) >= 11 is 0. The molecule has 0 unspecified atom stereocenters. The van der Waals surface area contributed by atoms with E-state index in [2.05, 4.69) is 245 Å². The van der Waals surface area contributed by atoms with Crippen molar-refractivity contribution in [1.82, 2.24) is 0 Å². The van der Waals surface area contributed by atoms with Crippen LogP contribution in [0, 0.1) is 0 Å². The molecular formula is C138H186. The van der Waals surface area contributed by atoms with Crippen molar-refractivity contribution >= 4 is 86.2 Å². The Morgan fingerprint density at radius 3 is 0.471 bits per heavy atom. The summed E-state index contributed by atoms with van der Waals surface area (Å²) in [5, 5.41) is 24.7. The van der Waals surface area contributed by atoms with Gasteiger partial charge in [-0.3, -0.25) is 0 Å². The van der Waals surface area contributed by atoms with Crippen molar-refractivity contribution in [3.8, 4) is 0 Å². The number of benzene rings is 13. The van der Waals surface area contributed by atoms with Crippen LogP contribution in [0.1, 0.15) is 522 Å². The summed E-state index contributed by atoms with van der Waals surface area (Å²) in [6, 6.07) is 38.7. The molecule has 0 fully saturated rings. The van der Waals surface area contributed by atoms with Crippen LogP contribution in [0.2, 0.25) is 0 Å². The largest absolute Gasteiger partial charge is 0.0651 e. The first-order valence-corrected chi connectivity index (χ1v) is 59.0. The molecule has 2 aliphatic rings. The summed E-state index contributed by atoms with van der Waals surface area (Å²) < 4.78 is 0. The zero-order valence-electron chi connectivity index (χ0n) is 92.4. The van der Waals surface area contributed by atoms with Crippen molar-refractivity contribution in [2.45, 2.75) is 499 Å². The SMILES string of the molecule is CCCc1c(CCC)c(CCC)c2cc3c(cc2c1CCC)Cc1cc2c(CCC)c(CCC)c(CCC)c(CCC)c2cc1C3C1c2cc3c(CCC)c(CCC)c(CCC)c(CCC)c3cc2C(c2c3cc4c(CCC)c(CCC)c(CCC)c(CCC)c4cc3cc3cc4c(CCC)c(CCC)c(CCC)c(CCC)c4cc23)c2cc3c(CCC)c(CCC)c(CCC)c(CCC)c3cc21. The fourth-order valence-corrected chi connectivity index (χ4v) is 29.0. The van der Waals surface area contributed by atoms with E-state index in [1.54, 1.807) is 248 Å². The summed E-state index contributed by atoms with van der Waals surface area (Å²) in [4.78, 5) is 0. The molecule has 0 spiro atoms. The predicted octanol–water partition coefficient (Wildman–Crippen LogP) is 40.1. The lowest BCUT2D eigenvalue weighted by Crippen LogP contribution is -2.28. The number of hydrogen-bond acceptors (Lipinski definition) is 0. The average Bonchev–Trinajstić information content (AvgIpc) is 0.680. The second-order valence-electron chi connectivity index (χ2n) is 43.8. The zero-order chi connectivity index (χ0) is 97.9. The monoisotopic (exact) mass is 1840 g/mol. The first kappa shape index (κ1) is 104. The molecule has 0 saturated heterocycles. The van der Waals surface area contributed by atoms with Crippen LogP contribution in [-0.2, 0) is 161 Å². The smallest absolute Gasteiger partial charge is 0.0358 e. The van der Waals surface area contributed by atoms with E-state index >= 15 is 0 Å². The Hall–Kier alpha value is -8.06. The van der Waals surface area contributed by atoms with Crippen LogP contribution in [0.15, 0.2) is 78.9 Å². The number of rotatable bonds is 50. The Morgan fingerprint density at radius 1 is 0.138 bits per heavy atom. The second-order valence-corrected chi connectivity index (χ2v) is 43.8. The third kappa shape index (κ3) is 19.2. The van der Waals surface area contributed by atoms with Gasteiger partial charge in [0, 0.05) is 17.8 Å². The van der Waals surface area contributed by atoms with Gasteiger partial charge in [0.05, 0.1) is 0 Å². The maximum Gasteiger partial charge on any atom is 0.0358 e. The van der Waals surface area contributed by atoms with Gasteiger partial charge in [-0.15, -0.1) is 0 Å². The third-order valence-corrected chi connectivity index (χ3v) is 33.7. The first-order valence-electron chi connectivity index (χ1n) is 59.0. The predicted molar refractivity (Wildman–Crippen MR) is 616 cm³/mol. The lowest BCUT2D eigenvalue weighted by Gasteiger charge is -2.43. The molecule has 0 N–H and O–H groups in total. The molecule has 0 bridgehead atoms. The van der Waals surface area contributed by atoms with Crippen LogP contribution < -0.4 is 0 Å². The van der Waals surface area contributed by atoms with Crippen LogP contribution in [0.3, 0.4) is 0 Å². The highest BCUT2D eigenvalue weighted by Gasteiger charge is 2.45. The Labute approximate surface area is 841 Å². The Balaban J connectivity index is 1.30. The topological polar surface area (TPSA) is 0 Å². The maximum absolute atomic E-state index is 3.09. The Kier molecular flexibility index (Phi) is 36.2. The molecule has 2 aliphatic carbocycles. The highest BCUT2D eigenvalue weighted by Crippen LogP contribution is 2.62. The van der Waals surface area contributed by atoms with E-state index in [1.807, 2.05) is 0 Å². The molecule has 13 aromatic rings. The van der Waals surface area contributed by atoms with Crippen molar-refractivity contribution in [3.05, 3.63) is 262 Å². The Bertz CT molecular complexity index is 6150. The van der Waals surface area contributed by atoms with Gasteiger partial charge in [0.1, 0.15) is 0 Å². The molecule has 0 aromatic heterocycles. The average molecular weight is 1850 g/mol. The van der Waals surface area contributed by atoms with E-state index < -0.39 is 0 Å². The fraction of sp³-hybridized carbons (Fsp3) is 0.551. The van der Waals surface area contributed by atoms with Crippen LogP contribution in [-0.4, -0.2) is 0 Å². The van der Waals surface area contributed by atoms with Gasteiger partial charge >= 0.3 is 0 Å². The highest BCUT2D eigenvalue weighted by molar-refractivity contribution is 6.15. The molecule has 0 heterocycles. The quantitative estimate of drug-likeness (QED) is 0.0333. The van der Waals surface area contributed by atoms with Gasteiger partial charge in [0.25, 0.3) is 0 Å². The maximum atomic E-state index is 3.09. The summed E-state index contributed by atoms with van der Waals surface area (Å²) in [6.07, 6.45) is 55.3. The molecule has 0 nitrogen and oxygen atoms in total. The van der Waals surface area contributed by atoms with E-state index in [9.17, 15) is 0 Å². The van der Waals surface area contributed by atoms with Crippen LogP contribution in [0.4, 0.5) is 0 Å². The van der Waals surface area contributed by atoms with Gasteiger partial charge in [-0.2, -0.15) is 0 Å². The minimum atomic E-state index is -0.138. The van der Waals surface area contributed by atoms with E-state index in [-0.39, 0.29) is 17.8 Å². The summed E-state index contributed by atoms with van der Waals surface area (Å²) in [5.74, 6) is -0.212. The summed E-state index contributed by atoms with van der Waals surface area (Å²) in [7, 11) is 0. The Morgan fingerprint density at radius 2 is 0.283 bits per heavy atom. The van der Waals surface area contributed by atoms with Crippen molar-refractivity contribution in [1.29, 1.82) is 0 Å². The summed E-state index contributed by atoms with van der Waals surface area (Å²) in [5.41, 5.74) is 54.8. The van der Waals surface area contributed by atoms with Gasteiger partial charge in [0.15, 0.2) is 0 Å². The van der Waals surface area contributed by atoms with Gasteiger partial charge in [-0.25, -0.2) is 0 Å². The lowest BCUT2D eigenvalue weighted by atomic mass is 9.59. The molecule has 15 rings (SSSR count). The number of hydrogen-bond donors (Lipinski definition) is 0. The standard InChI is InChI=1S/C138H186/c1-25-49-91-95(53-29-5)107(65-41-17)123-79-115-87(75-119(123)103(91)61-37-13)73-88-76-120-104(62-38-14)92(50-26-2)96(54-30-6)108(66-42-18)124(120)80-116(88)135(115)137-131-83-127-111(69-45-21)99(57-33-9)101(59-35-11)113(71-47-23)129(127)85-133(131)138(134-86-130-114(72-48-24)102(60-36-12)100(58-34-10)112(70-46-22)128(130)84-132(134)137)136-117-81-125-109(67-43-19)97(55-31-7)93(51-27-3)105(63-39-15)121(125)77-89(117)74-90-78-122-106(64-40-16)94(52-28-4)98(56-32-8)110(68-44-20)126(122)82-118(90)136/h73,75-86,136-138H,25-72,74H2,1-24H3. The van der Waals surface area contributed by atoms with Gasteiger partial charge in [0.2, 0.25) is 0 Å². The molecule has 13 aromatic carbocycles. The minimum absolute atomic E-state index is 0.0182. The molecule has 0 aliphatic heterocycles. The molecule has 0 heteroatoms. The van der Waals surface area contributed by atoms with Crippen molar-refractivity contribution in [2.75, 3.05) is 0 Å². The fourth-order valence-electron chi connectivity index (χ4n) is 29.0. The normalized spacial score (nSPS) is 14.0. The molecule has 0 atom stereocenters. The highest BCUT2D eigenvalue weighted by atomic mass is 14.5. The first-order chi connectivity index (χ1) is 67.5. The van der Waals surface area contributed by atoms with E-state index in [1.165, 1.54) is 34.4 Å². The van der Waals surface area contributed by atoms with E-state index in [0.717, 1.165) is 302 Å². The second kappa shape index (κ2) is 47.9. The van der Waals surface area contributed by atoms with Crippen LogP contribution >= 0.6 is 0 Å². The minimum Gasteiger partial charge on any atom is -0.0651 e. The van der Waals surface area contributed by atoms with Crippen LogP contribution in [0.25, 0.3) is 86.2 Å². The molecule has 0 saturated carbocycles. The lowest BCUT2D eigenvalue weighted by molar-refractivity contribution is 0.640. The number of fused-ring (bicyclic) bond motifs is 12.